The lowest BCUT2D eigenvalue weighted by Gasteiger charge is -2.19. The molecule has 1 aromatic rings. The average molecular weight is 268 g/mol. The van der Waals surface area contributed by atoms with Crippen LogP contribution in [0.3, 0.4) is 0 Å². The van der Waals surface area contributed by atoms with Crippen molar-refractivity contribution < 1.29 is 13.9 Å². The second kappa shape index (κ2) is 6.63. The summed E-state index contributed by atoms with van der Waals surface area (Å²) in [4.78, 5) is 0. The Morgan fingerprint density at radius 1 is 1.32 bits per heavy atom. The van der Waals surface area contributed by atoms with Crippen LogP contribution in [0.5, 0.6) is 0 Å². The van der Waals surface area contributed by atoms with Gasteiger partial charge in [0.25, 0.3) is 0 Å². The van der Waals surface area contributed by atoms with E-state index in [4.69, 9.17) is 20.6 Å². The van der Waals surface area contributed by atoms with Crippen molar-refractivity contribution in [1.82, 2.24) is 0 Å². The molecule has 0 atom stereocenters. The summed E-state index contributed by atoms with van der Waals surface area (Å²) < 4.78 is 24.0. The van der Waals surface area contributed by atoms with Gasteiger partial charge in [-0.25, -0.2) is 4.39 Å². The van der Waals surface area contributed by atoms with Crippen LogP contribution in [0.1, 0.15) is 31.9 Å². The topological polar surface area (TPSA) is 68.3 Å². The molecule has 0 amide bonds. The van der Waals surface area contributed by atoms with Crippen molar-refractivity contribution in [3.05, 3.63) is 35.1 Å². The predicted octanol–water partition coefficient (Wildman–Crippen LogP) is 2.44. The molecule has 3 N–H and O–H groups in total. The number of nitrogen functional groups attached to an aromatic ring is 1. The maximum Gasteiger partial charge on any atom is 0.123 e. The zero-order chi connectivity index (χ0) is 14.5. The molecule has 0 spiro atoms. The van der Waals surface area contributed by atoms with Crippen LogP contribution in [-0.4, -0.2) is 24.7 Å². The largest absolute Gasteiger partial charge is 0.384 e. The van der Waals surface area contributed by atoms with Crippen molar-refractivity contribution in [1.29, 1.82) is 5.41 Å². The zero-order valence-electron chi connectivity index (χ0n) is 11.6. The molecule has 0 radical (unpaired) electrons. The molecule has 0 heterocycles. The van der Waals surface area contributed by atoms with Gasteiger partial charge in [0.1, 0.15) is 11.7 Å². The van der Waals surface area contributed by atoms with Gasteiger partial charge in [0, 0.05) is 5.56 Å². The van der Waals surface area contributed by atoms with Gasteiger partial charge in [-0.05, 0) is 38.5 Å². The first-order valence-electron chi connectivity index (χ1n) is 6.14. The number of ether oxygens (including phenoxy) is 2. The summed E-state index contributed by atoms with van der Waals surface area (Å²) in [5.41, 5.74) is 6.29. The van der Waals surface area contributed by atoms with Crippen LogP contribution in [0.2, 0.25) is 0 Å². The number of amidine groups is 1. The fourth-order valence-corrected chi connectivity index (χ4v) is 1.51. The van der Waals surface area contributed by atoms with Crippen LogP contribution in [-0.2, 0) is 16.1 Å². The van der Waals surface area contributed by atoms with Gasteiger partial charge in [-0.1, -0.05) is 6.07 Å². The zero-order valence-corrected chi connectivity index (χ0v) is 11.6. The lowest BCUT2D eigenvalue weighted by Crippen LogP contribution is -2.22. The van der Waals surface area contributed by atoms with Crippen LogP contribution in [0.4, 0.5) is 4.39 Å². The second-order valence-corrected chi connectivity index (χ2v) is 5.23. The highest BCUT2D eigenvalue weighted by molar-refractivity contribution is 5.96. The van der Waals surface area contributed by atoms with Gasteiger partial charge in [-0.3, -0.25) is 5.41 Å². The van der Waals surface area contributed by atoms with Crippen molar-refractivity contribution in [2.24, 2.45) is 5.73 Å². The molecule has 0 fully saturated rings. The molecule has 5 heteroatoms. The Kier molecular flexibility index (Phi) is 5.44. The summed E-state index contributed by atoms with van der Waals surface area (Å²) in [6, 6.07) is 4.15. The Hall–Kier alpha value is -1.46. The SMILES string of the molecule is CC(C)(C)OCCOCc1ccc(F)cc1C(=N)N. The van der Waals surface area contributed by atoms with Crippen molar-refractivity contribution in [3.63, 3.8) is 0 Å². The summed E-state index contributed by atoms with van der Waals surface area (Å²) in [6.45, 7) is 7.12. The monoisotopic (exact) mass is 268 g/mol. The Balaban J connectivity index is 2.47. The van der Waals surface area contributed by atoms with Crippen LogP contribution < -0.4 is 5.73 Å². The molecule has 1 rings (SSSR count). The molecule has 0 aliphatic carbocycles. The van der Waals surface area contributed by atoms with E-state index in [-0.39, 0.29) is 18.0 Å². The van der Waals surface area contributed by atoms with Crippen molar-refractivity contribution >= 4 is 5.84 Å². The molecule has 0 aliphatic rings. The molecule has 0 aliphatic heterocycles. The van der Waals surface area contributed by atoms with Gasteiger partial charge < -0.3 is 15.2 Å². The number of hydrogen-bond acceptors (Lipinski definition) is 3. The summed E-state index contributed by atoms with van der Waals surface area (Å²) >= 11 is 0. The van der Waals surface area contributed by atoms with E-state index >= 15 is 0 Å². The van der Waals surface area contributed by atoms with E-state index < -0.39 is 5.82 Å². The van der Waals surface area contributed by atoms with Crippen molar-refractivity contribution in [2.45, 2.75) is 33.0 Å². The normalized spacial score (nSPS) is 11.6. The number of hydrogen-bond donors (Lipinski definition) is 2. The van der Waals surface area contributed by atoms with E-state index in [0.717, 1.165) is 0 Å². The lowest BCUT2D eigenvalue weighted by atomic mass is 10.1. The average Bonchev–Trinajstić information content (AvgIpc) is 2.28. The number of benzene rings is 1. The minimum atomic E-state index is -0.412. The van der Waals surface area contributed by atoms with Crippen molar-refractivity contribution in [2.75, 3.05) is 13.2 Å². The minimum absolute atomic E-state index is 0.163. The Morgan fingerprint density at radius 2 is 2.00 bits per heavy atom. The van der Waals surface area contributed by atoms with Gasteiger partial charge in [-0.15, -0.1) is 0 Å². The highest BCUT2D eigenvalue weighted by Crippen LogP contribution is 2.12. The fourth-order valence-electron chi connectivity index (χ4n) is 1.51. The van der Waals surface area contributed by atoms with E-state index in [0.29, 0.717) is 24.3 Å². The third kappa shape index (κ3) is 5.81. The highest BCUT2D eigenvalue weighted by Gasteiger charge is 2.10. The Bertz CT molecular complexity index is 442. The number of halogens is 1. The molecule has 19 heavy (non-hydrogen) atoms. The quantitative estimate of drug-likeness (QED) is 0.473. The number of nitrogens with one attached hydrogen (secondary N) is 1. The summed E-state index contributed by atoms with van der Waals surface area (Å²) in [7, 11) is 0. The van der Waals surface area contributed by atoms with E-state index in [1.54, 1.807) is 6.07 Å². The second-order valence-electron chi connectivity index (χ2n) is 5.23. The van der Waals surface area contributed by atoms with E-state index in [1.807, 2.05) is 20.8 Å². The summed E-state index contributed by atoms with van der Waals surface area (Å²) in [5.74, 6) is -0.575. The lowest BCUT2D eigenvalue weighted by molar-refractivity contribution is -0.0377. The molecule has 4 nitrogen and oxygen atoms in total. The predicted molar refractivity (Wildman–Crippen MR) is 72.8 cm³/mol. The third-order valence-electron chi connectivity index (χ3n) is 2.38. The minimum Gasteiger partial charge on any atom is -0.384 e. The van der Waals surface area contributed by atoms with Crippen LogP contribution >= 0.6 is 0 Å². The molecule has 0 unspecified atom stereocenters. The maximum absolute atomic E-state index is 13.1. The molecule has 106 valence electrons. The Labute approximate surface area is 113 Å². The van der Waals surface area contributed by atoms with Gasteiger partial charge >= 0.3 is 0 Å². The van der Waals surface area contributed by atoms with Gasteiger partial charge in [0.2, 0.25) is 0 Å². The van der Waals surface area contributed by atoms with E-state index in [2.05, 4.69) is 0 Å². The molecule has 0 saturated carbocycles. The highest BCUT2D eigenvalue weighted by atomic mass is 19.1. The third-order valence-corrected chi connectivity index (χ3v) is 2.38. The number of rotatable bonds is 6. The van der Waals surface area contributed by atoms with Gasteiger partial charge in [0.15, 0.2) is 0 Å². The van der Waals surface area contributed by atoms with E-state index in [1.165, 1.54) is 12.1 Å². The van der Waals surface area contributed by atoms with Crippen molar-refractivity contribution in [3.8, 4) is 0 Å². The van der Waals surface area contributed by atoms with Gasteiger partial charge in [-0.2, -0.15) is 0 Å². The standard InChI is InChI=1S/C14H21FN2O2/c1-14(2,3)19-7-6-18-9-10-4-5-11(15)8-12(10)13(16)17/h4-5,8H,6-7,9H2,1-3H3,(H3,16,17). The molecular formula is C14H21FN2O2. The first-order chi connectivity index (χ1) is 8.79. The summed E-state index contributed by atoms with van der Waals surface area (Å²) in [6.07, 6.45) is 0. The molecule has 0 aromatic heterocycles. The maximum atomic E-state index is 13.1. The van der Waals surface area contributed by atoms with Gasteiger partial charge in [0.05, 0.1) is 25.4 Å². The smallest absolute Gasteiger partial charge is 0.123 e. The first kappa shape index (κ1) is 15.6. The molecule has 0 bridgehead atoms. The molecular weight excluding hydrogens is 247 g/mol. The van der Waals surface area contributed by atoms with E-state index in [9.17, 15) is 4.39 Å². The first-order valence-corrected chi connectivity index (χ1v) is 6.14. The van der Waals surface area contributed by atoms with Crippen LogP contribution in [0.25, 0.3) is 0 Å². The number of nitrogens with two attached hydrogens (primary N) is 1. The molecule has 1 aromatic carbocycles. The Morgan fingerprint density at radius 3 is 2.58 bits per heavy atom. The summed E-state index contributed by atoms with van der Waals surface area (Å²) in [5, 5.41) is 7.40. The fraction of sp³-hybridized carbons (Fsp3) is 0.500. The van der Waals surface area contributed by atoms with Crippen LogP contribution in [0.15, 0.2) is 18.2 Å². The molecule has 0 saturated heterocycles. The van der Waals surface area contributed by atoms with Crippen LogP contribution in [0, 0.1) is 11.2 Å².